The summed E-state index contributed by atoms with van der Waals surface area (Å²) in [4.78, 5) is 29.0. The third kappa shape index (κ3) is 4.60. The van der Waals surface area contributed by atoms with Crippen molar-refractivity contribution in [2.45, 2.75) is 58.5 Å². The quantitative estimate of drug-likeness (QED) is 0.611. The predicted octanol–water partition coefficient (Wildman–Crippen LogP) is 3.93. The minimum absolute atomic E-state index is 0.154. The number of esters is 1. The van der Waals surface area contributed by atoms with E-state index in [2.05, 4.69) is 33.6 Å². The van der Waals surface area contributed by atoms with Gasteiger partial charge in [0.25, 0.3) is 5.91 Å². The van der Waals surface area contributed by atoms with Crippen LogP contribution in [0.25, 0.3) is 11.0 Å². The van der Waals surface area contributed by atoms with Gasteiger partial charge in [-0.25, -0.2) is 14.5 Å². The van der Waals surface area contributed by atoms with Crippen LogP contribution in [0.5, 0.6) is 0 Å². The molecular weight excluding hydrogens is 392 g/mol. The van der Waals surface area contributed by atoms with E-state index in [0.29, 0.717) is 11.2 Å². The lowest BCUT2D eigenvalue weighted by Gasteiger charge is -2.20. The highest BCUT2D eigenvalue weighted by atomic mass is 16.5. The largest absolute Gasteiger partial charge is 0.452 e. The summed E-state index contributed by atoms with van der Waals surface area (Å²) in [7, 11) is 0. The molecule has 0 radical (unpaired) electrons. The fourth-order valence-corrected chi connectivity index (χ4v) is 4.03. The molecular formula is C24H28N4O3. The topological polar surface area (TPSA) is 86.1 Å². The maximum absolute atomic E-state index is 12.4. The average molecular weight is 421 g/mol. The molecule has 7 heteroatoms. The molecule has 0 fully saturated rings. The van der Waals surface area contributed by atoms with Gasteiger partial charge in [-0.15, -0.1) is 0 Å². The Morgan fingerprint density at radius 3 is 2.65 bits per heavy atom. The molecule has 1 atom stereocenters. The second-order valence-corrected chi connectivity index (χ2v) is 8.42. The first kappa shape index (κ1) is 21.0. The number of pyridine rings is 1. The number of ether oxygens (including phenoxy) is 1. The van der Waals surface area contributed by atoms with Gasteiger partial charge in [-0.1, -0.05) is 18.2 Å². The molecule has 3 aromatic rings. The highest BCUT2D eigenvalue weighted by Gasteiger charge is 2.17. The van der Waals surface area contributed by atoms with Gasteiger partial charge in [0.05, 0.1) is 17.8 Å². The molecule has 1 aliphatic carbocycles. The number of aryl methyl sites for hydroxylation is 2. The summed E-state index contributed by atoms with van der Waals surface area (Å²) in [6.07, 6.45) is 7.81. The van der Waals surface area contributed by atoms with Crippen LogP contribution in [0, 0.1) is 0 Å². The zero-order valence-corrected chi connectivity index (χ0v) is 18.2. The number of amides is 1. The number of hydrogen-bond acceptors (Lipinski definition) is 5. The summed E-state index contributed by atoms with van der Waals surface area (Å²) < 4.78 is 6.99. The first-order valence-electron chi connectivity index (χ1n) is 10.8. The Morgan fingerprint density at radius 2 is 1.87 bits per heavy atom. The first-order chi connectivity index (χ1) is 14.9. The molecule has 1 amide bonds. The zero-order valence-electron chi connectivity index (χ0n) is 18.2. The van der Waals surface area contributed by atoms with Crippen LogP contribution in [0.1, 0.15) is 72.7 Å². The van der Waals surface area contributed by atoms with E-state index in [4.69, 9.17) is 4.74 Å². The monoisotopic (exact) mass is 420 g/mol. The summed E-state index contributed by atoms with van der Waals surface area (Å²) in [5.74, 6) is -0.913. The second-order valence-electron chi connectivity index (χ2n) is 8.42. The number of nitrogens with zero attached hydrogens (tertiary/aromatic N) is 3. The van der Waals surface area contributed by atoms with Crippen LogP contribution in [-0.2, 0) is 22.4 Å². The maximum atomic E-state index is 12.4. The Labute approximate surface area is 181 Å². The molecule has 0 saturated carbocycles. The predicted molar refractivity (Wildman–Crippen MR) is 118 cm³/mol. The molecule has 0 aliphatic heterocycles. The molecule has 0 saturated heterocycles. The van der Waals surface area contributed by atoms with Gasteiger partial charge in [0.2, 0.25) is 0 Å². The van der Waals surface area contributed by atoms with Crippen LogP contribution in [0.15, 0.2) is 36.7 Å². The number of nitrogens with one attached hydrogen (secondary N) is 1. The molecule has 2 aromatic heterocycles. The molecule has 0 unspecified atom stereocenters. The SMILES string of the molecule is CC(C)n1ncc2cc(C(=O)OCC(=O)N[C@@H](C)c3ccc4c(c3)CCCC4)cnc21. The van der Waals surface area contributed by atoms with E-state index in [9.17, 15) is 9.59 Å². The number of carbonyl (C=O) groups excluding carboxylic acids is 2. The van der Waals surface area contributed by atoms with Crippen molar-refractivity contribution in [1.29, 1.82) is 0 Å². The van der Waals surface area contributed by atoms with Gasteiger partial charge in [0.15, 0.2) is 12.3 Å². The Hall–Kier alpha value is -3.22. The summed E-state index contributed by atoms with van der Waals surface area (Å²) in [6.45, 7) is 5.63. The Morgan fingerprint density at radius 1 is 1.10 bits per heavy atom. The standard InChI is InChI=1S/C24H28N4O3/c1-15(2)28-23-20(13-26-28)11-21(12-25-23)24(30)31-14-22(29)27-16(3)18-9-8-17-6-4-5-7-19(17)10-18/h8-13,15-16H,4-7,14H2,1-3H3,(H,27,29)/t16-/m0/s1. The van der Waals surface area contributed by atoms with E-state index in [-0.39, 0.29) is 24.6 Å². The van der Waals surface area contributed by atoms with Crippen molar-refractivity contribution in [2.75, 3.05) is 6.61 Å². The maximum Gasteiger partial charge on any atom is 0.340 e. The van der Waals surface area contributed by atoms with E-state index in [1.165, 1.54) is 30.2 Å². The fraction of sp³-hybridized carbons (Fsp3) is 0.417. The van der Waals surface area contributed by atoms with Crippen LogP contribution in [0.2, 0.25) is 0 Å². The van der Waals surface area contributed by atoms with Gasteiger partial charge in [0, 0.05) is 17.6 Å². The van der Waals surface area contributed by atoms with Crippen LogP contribution in [0.3, 0.4) is 0 Å². The van der Waals surface area contributed by atoms with Gasteiger partial charge >= 0.3 is 5.97 Å². The van der Waals surface area contributed by atoms with E-state index in [1.54, 1.807) is 16.9 Å². The highest BCUT2D eigenvalue weighted by molar-refractivity contribution is 5.94. The third-order valence-electron chi connectivity index (χ3n) is 5.74. The molecule has 0 bridgehead atoms. The Kier molecular flexibility index (Phi) is 6.02. The van der Waals surface area contributed by atoms with E-state index in [1.807, 2.05) is 20.8 Å². The van der Waals surface area contributed by atoms with Crippen LogP contribution in [0.4, 0.5) is 0 Å². The van der Waals surface area contributed by atoms with E-state index < -0.39 is 5.97 Å². The average Bonchev–Trinajstić information content (AvgIpc) is 3.20. The number of carbonyl (C=O) groups is 2. The molecule has 1 aromatic carbocycles. The van der Waals surface area contributed by atoms with Gasteiger partial charge in [-0.2, -0.15) is 5.10 Å². The summed E-state index contributed by atoms with van der Waals surface area (Å²) in [5, 5.41) is 7.96. The Balaban J connectivity index is 1.34. The second kappa shape index (κ2) is 8.88. The minimum Gasteiger partial charge on any atom is -0.452 e. The molecule has 2 heterocycles. The lowest BCUT2D eigenvalue weighted by molar-refractivity contribution is -0.124. The molecule has 7 nitrogen and oxygen atoms in total. The van der Waals surface area contributed by atoms with Gasteiger partial charge in [0.1, 0.15) is 0 Å². The van der Waals surface area contributed by atoms with Gasteiger partial charge in [-0.3, -0.25) is 4.79 Å². The molecule has 162 valence electrons. The third-order valence-corrected chi connectivity index (χ3v) is 5.74. The summed E-state index contributed by atoms with van der Waals surface area (Å²) in [6, 6.07) is 8.12. The van der Waals surface area contributed by atoms with Crippen molar-refractivity contribution in [1.82, 2.24) is 20.1 Å². The molecule has 1 N–H and O–H groups in total. The van der Waals surface area contributed by atoms with Crippen LogP contribution in [-0.4, -0.2) is 33.2 Å². The van der Waals surface area contributed by atoms with Crippen LogP contribution < -0.4 is 5.32 Å². The van der Waals surface area contributed by atoms with Crippen molar-refractivity contribution in [3.8, 4) is 0 Å². The summed E-state index contributed by atoms with van der Waals surface area (Å²) >= 11 is 0. The Bertz CT molecular complexity index is 1120. The number of rotatable bonds is 6. The van der Waals surface area contributed by atoms with Crippen molar-refractivity contribution >= 4 is 22.9 Å². The normalized spacial score (nSPS) is 14.3. The van der Waals surface area contributed by atoms with E-state index >= 15 is 0 Å². The van der Waals surface area contributed by atoms with Crippen molar-refractivity contribution in [3.63, 3.8) is 0 Å². The fourth-order valence-electron chi connectivity index (χ4n) is 4.03. The lowest BCUT2D eigenvalue weighted by Crippen LogP contribution is -2.31. The number of fused-ring (bicyclic) bond motifs is 2. The highest BCUT2D eigenvalue weighted by Crippen LogP contribution is 2.24. The van der Waals surface area contributed by atoms with Gasteiger partial charge in [-0.05, 0) is 69.2 Å². The minimum atomic E-state index is -0.580. The molecule has 31 heavy (non-hydrogen) atoms. The summed E-state index contributed by atoms with van der Waals surface area (Å²) in [5.41, 5.74) is 4.86. The van der Waals surface area contributed by atoms with E-state index in [0.717, 1.165) is 23.8 Å². The molecule has 4 rings (SSSR count). The first-order valence-corrected chi connectivity index (χ1v) is 10.8. The number of hydrogen-bond donors (Lipinski definition) is 1. The molecule has 1 aliphatic rings. The smallest absolute Gasteiger partial charge is 0.340 e. The van der Waals surface area contributed by atoms with Crippen LogP contribution >= 0.6 is 0 Å². The zero-order chi connectivity index (χ0) is 22.0. The molecule has 0 spiro atoms. The van der Waals surface area contributed by atoms with Crippen molar-refractivity contribution < 1.29 is 14.3 Å². The van der Waals surface area contributed by atoms with Gasteiger partial charge < -0.3 is 10.1 Å². The van der Waals surface area contributed by atoms with Crippen molar-refractivity contribution in [3.05, 3.63) is 58.9 Å². The number of benzene rings is 1. The number of aromatic nitrogens is 3. The van der Waals surface area contributed by atoms with Crippen molar-refractivity contribution in [2.24, 2.45) is 0 Å². The lowest BCUT2D eigenvalue weighted by atomic mass is 9.89.